The quantitative estimate of drug-likeness (QED) is 0.865. The van der Waals surface area contributed by atoms with Crippen LogP contribution in [0.4, 0.5) is 0 Å². The lowest BCUT2D eigenvalue weighted by Crippen LogP contribution is -2.20. The lowest BCUT2D eigenvalue weighted by Gasteiger charge is -2.07. The Labute approximate surface area is 110 Å². The first-order chi connectivity index (χ1) is 9.04. The summed E-state index contributed by atoms with van der Waals surface area (Å²) in [7, 11) is 1.57. The highest BCUT2D eigenvalue weighted by atomic mass is 16.4. The summed E-state index contributed by atoms with van der Waals surface area (Å²) >= 11 is 0. The second kappa shape index (κ2) is 5.09. The van der Waals surface area contributed by atoms with Crippen LogP contribution in [0.2, 0.25) is 0 Å². The molecule has 2 aromatic rings. The van der Waals surface area contributed by atoms with E-state index in [2.05, 4.69) is 10.3 Å². The van der Waals surface area contributed by atoms with E-state index in [0.29, 0.717) is 23.4 Å². The predicted octanol–water partition coefficient (Wildman–Crippen LogP) is 1.18. The molecule has 0 unspecified atom stereocenters. The van der Waals surface area contributed by atoms with Crippen LogP contribution in [0.25, 0.3) is 11.0 Å². The first kappa shape index (κ1) is 13.1. The van der Waals surface area contributed by atoms with Crippen molar-refractivity contribution < 1.29 is 14.7 Å². The van der Waals surface area contributed by atoms with Gasteiger partial charge in [0.25, 0.3) is 0 Å². The zero-order valence-corrected chi connectivity index (χ0v) is 10.8. The number of imidazole rings is 1. The Balaban J connectivity index is 2.50. The molecule has 0 saturated carbocycles. The van der Waals surface area contributed by atoms with Gasteiger partial charge in [0.1, 0.15) is 5.82 Å². The fraction of sp³-hybridized carbons (Fsp3) is 0.308. The number of hydrogen-bond donors (Lipinski definition) is 2. The second-order valence-electron chi connectivity index (χ2n) is 4.21. The fourth-order valence-electron chi connectivity index (χ4n) is 2.09. The maximum atomic E-state index is 11.3. The number of hydrogen-bond acceptors (Lipinski definition) is 3. The average Bonchev–Trinajstić information content (AvgIpc) is 2.71. The van der Waals surface area contributed by atoms with Crippen molar-refractivity contribution in [3.8, 4) is 0 Å². The molecule has 19 heavy (non-hydrogen) atoms. The summed E-state index contributed by atoms with van der Waals surface area (Å²) in [6.45, 7) is 2.21. The first-order valence-corrected chi connectivity index (χ1v) is 5.94. The van der Waals surface area contributed by atoms with Gasteiger partial charge in [-0.25, -0.2) is 9.78 Å². The second-order valence-corrected chi connectivity index (χ2v) is 4.21. The minimum atomic E-state index is -0.994. The van der Waals surface area contributed by atoms with Gasteiger partial charge in [0.05, 0.1) is 16.6 Å². The number of carbonyl (C=O) groups excluding carboxylic acids is 1. The van der Waals surface area contributed by atoms with Gasteiger partial charge < -0.3 is 15.0 Å². The van der Waals surface area contributed by atoms with Crippen molar-refractivity contribution in [1.82, 2.24) is 14.9 Å². The number of nitrogens with zero attached hydrogens (tertiary/aromatic N) is 2. The number of benzene rings is 1. The molecule has 1 aromatic heterocycles. The van der Waals surface area contributed by atoms with Crippen molar-refractivity contribution in [2.45, 2.75) is 19.9 Å². The summed E-state index contributed by atoms with van der Waals surface area (Å²) in [5.41, 5.74) is 1.40. The van der Waals surface area contributed by atoms with Gasteiger partial charge in [-0.05, 0) is 19.1 Å². The fourth-order valence-corrected chi connectivity index (χ4v) is 2.09. The molecule has 100 valence electrons. The van der Waals surface area contributed by atoms with Crippen molar-refractivity contribution in [2.24, 2.45) is 0 Å². The number of carbonyl (C=O) groups is 2. The van der Waals surface area contributed by atoms with E-state index in [4.69, 9.17) is 0 Å². The molecule has 0 fully saturated rings. The van der Waals surface area contributed by atoms with Gasteiger partial charge in [-0.3, -0.25) is 4.79 Å². The standard InChI is InChI=1S/C13H15N3O3/c1-8-15-10-5-3-4-9(13(18)19)12(10)16(8)7-6-11(17)14-2/h3-5H,6-7H2,1-2H3,(H,14,17)(H,18,19). The maximum Gasteiger partial charge on any atom is 0.337 e. The van der Waals surface area contributed by atoms with Gasteiger partial charge in [-0.1, -0.05) is 6.07 Å². The number of rotatable bonds is 4. The van der Waals surface area contributed by atoms with E-state index in [9.17, 15) is 14.7 Å². The number of aromatic nitrogens is 2. The molecular weight excluding hydrogens is 246 g/mol. The van der Waals surface area contributed by atoms with Crippen molar-refractivity contribution in [2.75, 3.05) is 7.05 Å². The monoisotopic (exact) mass is 261 g/mol. The summed E-state index contributed by atoms with van der Waals surface area (Å²) in [6, 6.07) is 4.98. The zero-order valence-electron chi connectivity index (χ0n) is 10.8. The van der Waals surface area contributed by atoms with Crippen LogP contribution in [-0.2, 0) is 11.3 Å². The van der Waals surface area contributed by atoms with Gasteiger partial charge in [0, 0.05) is 20.0 Å². The van der Waals surface area contributed by atoms with Gasteiger partial charge in [0.15, 0.2) is 0 Å². The molecule has 0 bridgehead atoms. The molecule has 0 radical (unpaired) electrons. The summed E-state index contributed by atoms with van der Waals surface area (Å²) in [6.07, 6.45) is 0.288. The molecule has 0 aliphatic carbocycles. The normalized spacial score (nSPS) is 10.6. The van der Waals surface area contributed by atoms with Crippen molar-refractivity contribution in [3.63, 3.8) is 0 Å². The number of nitrogens with one attached hydrogen (secondary N) is 1. The van der Waals surface area contributed by atoms with Crippen LogP contribution in [0, 0.1) is 6.92 Å². The minimum Gasteiger partial charge on any atom is -0.478 e. The molecule has 0 saturated heterocycles. The van der Waals surface area contributed by atoms with Crippen LogP contribution < -0.4 is 5.32 Å². The van der Waals surface area contributed by atoms with Gasteiger partial charge in [0.2, 0.25) is 5.91 Å². The minimum absolute atomic E-state index is 0.0888. The molecule has 1 aromatic carbocycles. The summed E-state index contributed by atoms with van der Waals surface area (Å²) in [5.74, 6) is -0.381. The number of aromatic carboxylic acids is 1. The Morgan fingerprint density at radius 1 is 1.42 bits per heavy atom. The van der Waals surface area contributed by atoms with Crippen molar-refractivity contribution in [1.29, 1.82) is 0 Å². The van der Waals surface area contributed by atoms with Crippen LogP contribution in [0.1, 0.15) is 22.6 Å². The molecule has 2 rings (SSSR count). The van der Waals surface area contributed by atoms with E-state index in [1.54, 1.807) is 36.7 Å². The first-order valence-electron chi connectivity index (χ1n) is 5.94. The van der Waals surface area contributed by atoms with E-state index in [0.717, 1.165) is 0 Å². The third-order valence-electron chi connectivity index (χ3n) is 3.03. The molecule has 6 heteroatoms. The number of carboxylic acids is 1. The molecule has 0 atom stereocenters. The summed E-state index contributed by atoms with van der Waals surface area (Å²) < 4.78 is 1.77. The van der Waals surface area contributed by atoms with Gasteiger partial charge in [-0.15, -0.1) is 0 Å². The third-order valence-corrected chi connectivity index (χ3v) is 3.03. The third kappa shape index (κ3) is 2.42. The summed E-state index contributed by atoms with van der Waals surface area (Å²) in [5, 5.41) is 11.8. The molecule has 6 nitrogen and oxygen atoms in total. The van der Waals surface area contributed by atoms with E-state index >= 15 is 0 Å². The lowest BCUT2D eigenvalue weighted by molar-refractivity contribution is -0.120. The number of carboxylic acid groups (broad SMARTS) is 1. The molecule has 0 aliphatic rings. The lowest BCUT2D eigenvalue weighted by atomic mass is 10.2. The highest BCUT2D eigenvalue weighted by Crippen LogP contribution is 2.20. The molecule has 0 spiro atoms. The van der Waals surface area contributed by atoms with E-state index in [1.807, 2.05) is 0 Å². The van der Waals surface area contributed by atoms with E-state index < -0.39 is 5.97 Å². The highest BCUT2D eigenvalue weighted by Gasteiger charge is 2.16. The molecule has 1 amide bonds. The maximum absolute atomic E-state index is 11.3. The topological polar surface area (TPSA) is 84.2 Å². The largest absolute Gasteiger partial charge is 0.478 e. The highest BCUT2D eigenvalue weighted by molar-refractivity contribution is 6.01. The molecular formula is C13H15N3O3. The number of fused-ring (bicyclic) bond motifs is 1. The van der Waals surface area contributed by atoms with Crippen LogP contribution >= 0.6 is 0 Å². The smallest absolute Gasteiger partial charge is 0.337 e. The average molecular weight is 261 g/mol. The predicted molar refractivity (Wildman–Crippen MR) is 70.1 cm³/mol. The van der Waals surface area contributed by atoms with Crippen LogP contribution in [0.15, 0.2) is 18.2 Å². The Hall–Kier alpha value is -2.37. The Morgan fingerprint density at radius 3 is 2.79 bits per heavy atom. The summed E-state index contributed by atoms with van der Waals surface area (Å²) in [4.78, 5) is 26.9. The molecule has 0 aliphatic heterocycles. The Bertz CT molecular complexity index is 646. The Morgan fingerprint density at radius 2 is 2.16 bits per heavy atom. The van der Waals surface area contributed by atoms with Crippen LogP contribution in [0.3, 0.4) is 0 Å². The molecule has 2 N–H and O–H groups in total. The van der Waals surface area contributed by atoms with E-state index in [-0.39, 0.29) is 17.9 Å². The van der Waals surface area contributed by atoms with E-state index in [1.165, 1.54) is 0 Å². The van der Waals surface area contributed by atoms with Crippen molar-refractivity contribution in [3.05, 3.63) is 29.6 Å². The zero-order chi connectivity index (χ0) is 14.0. The SMILES string of the molecule is CNC(=O)CCn1c(C)nc2cccc(C(=O)O)c21. The number of amides is 1. The number of para-hydroxylation sites is 1. The molecule has 1 heterocycles. The Kier molecular flexibility index (Phi) is 3.50. The van der Waals surface area contributed by atoms with Crippen molar-refractivity contribution >= 4 is 22.9 Å². The van der Waals surface area contributed by atoms with Gasteiger partial charge in [-0.2, -0.15) is 0 Å². The van der Waals surface area contributed by atoms with Crippen LogP contribution in [-0.4, -0.2) is 33.6 Å². The number of aryl methyl sites for hydroxylation is 2. The van der Waals surface area contributed by atoms with Gasteiger partial charge >= 0.3 is 5.97 Å². The van der Waals surface area contributed by atoms with Crippen LogP contribution in [0.5, 0.6) is 0 Å².